The second-order valence-electron chi connectivity index (χ2n) is 3.04. The standard InChI is InChI=1S/C10H11NO/c1-11(2)9-4-3-8-5-6-12-10(8)7-9/h3-7H,1-2H3. The van der Waals surface area contributed by atoms with Crippen molar-refractivity contribution in [2.45, 2.75) is 0 Å². The second-order valence-corrected chi connectivity index (χ2v) is 3.04. The van der Waals surface area contributed by atoms with Crippen molar-refractivity contribution in [2.75, 3.05) is 19.0 Å². The van der Waals surface area contributed by atoms with Gasteiger partial charge in [0.2, 0.25) is 0 Å². The molecule has 0 atom stereocenters. The van der Waals surface area contributed by atoms with Gasteiger partial charge in [0, 0.05) is 31.2 Å². The summed E-state index contributed by atoms with van der Waals surface area (Å²) in [6.07, 6.45) is 1.71. The van der Waals surface area contributed by atoms with Crippen LogP contribution in [0.1, 0.15) is 0 Å². The average molecular weight is 161 g/mol. The normalized spacial score (nSPS) is 10.5. The molecule has 0 fully saturated rings. The molecule has 1 aromatic carbocycles. The van der Waals surface area contributed by atoms with E-state index in [2.05, 4.69) is 17.0 Å². The molecule has 1 aromatic heterocycles. The molecule has 0 saturated carbocycles. The molecule has 1 heterocycles. The van der Waals surface area contributed by atoms with Crippen molar-refractivity contribution < 1.29 is 4.42 Å². The molecule has 0 bridgehead atoms. The molecule has 0 saturated heterocycles. The Bertz CT molecular complexity index is 389. The summed E-state index contributed by atoms with van der Waals surface area (Å²) in [6.45, 7) is 0. The topological polar surface area (TPSA) is 16.4 Å². The lowest BCUT2D eigenvalue weighted by molar-refractivity contribution is 0.616. The molecule has 12 heavy (non-hydrogen) atoms. The Morgan fingerprint density at radius 2 is 2.00 bits per heavy atom. The van der Waals surface area contributed by atoms with Gasteiger partial charge in [-0.05, 0) is 18.2 Å². The van der Waals surface area contributed by atoms with Crippen LogP contribution in [-0.2, 0) is 0 Å². The largest absolute Gasteiger partial charge is 0.464 e. The molecule has 0 aliphatic heterocycles. The highest BCUT2D eigenvalue weighted by molar-refractivity contribution is 5.80. The number of hydrogen-bond acceptors (Lipinski definition) is 2. The van der Waals surface area contributed by atoms with E-state index in [-0.39, 0.29) is 0 Å². The third kappa shape index (κ3) is 1.05. The maximum absolute atomic E-state index is 5.28. The Kier molecular flexibility index (Phi) is 1.54. The monoisotopic (exact) mass is 161 g/mol. The minimum atomic E-state index is 0.946. The van der Waals surface area contributed by atoms with Crippen LogP contribution in [0.25, 0.3) is 11.0 Å². The first-order valence-electron chi connectivity index (χ1n) is 3.92. The maximum Gasteiger partial charge on any atom is 0.135 e. The van der Waals surface area contributed by atoms with Gasteiger partial charge in [-0.3, -0.25) is 0 Å². The van der Waals surface area contributed by atoms with Crippen LogP contribution < -0.4 is 4.90 Å². The van der Waals surface area contributed by atoms with Crippen LogP contribution in [0.3, 0.4) is 0 Å². The molecule has 2 heteroatoms. The van der Waals surface area contributed by atoms with E-state index in [9.17, 15) is 0 Å². The van der Waals surface area contributed by atoms with Gasteiger partial charge in [0.15, 0.2) is 0 Å². The molecule has 62 valence electrons. The Labute approximate surface area is 71.4 Å². The first-order valence-corrected chi connectivity index (χ1v) is 3.92. The van der Waals surface area contributed by atoms with E-state index in [0.717, 1.165) is 16.7 Å². The van der Waals surface area contributed by atoms with Crippen molar-refractivity contribution >= 4 is 16.7 Å². The smallest absolute Gasteiger partial charge is 0.135 e. The zero-order chi connectivity index (χ0) is 8.55. The van der Waals surface area contributed by atoms with Crippen LogP contribution in [-0.4, -0.2) is 14.1 Å². The molecule has 0 spiro atoms. The quantitative estimate of drug-likeness (QED) is 0.639. The fourth-order valence-electron chi connectivity index (χ4n) is 1.22. The minimum Gasteiger partial charge on any atom is -0.464 e. The number of hydrogen-bond donors (Lipinski definition) is 0. The van der Waals surface area contributed by atoms with Gasteiger partial charge in [-0.15, -0.1) is 0 Å². The van der Waals surface area contributed by atoms with Gasteiger partial charge in [0.25, 0.3) is 0 Å². The molecule has 0 aliphatic rings. The van der Waals surface area contributed by atoms with Crippen molar-refractivity contribution in [3.8, 4) is 0 Å². The Morgan fingerprint density at radius 1 is 1.17 bits per heavy atom. The lowest BCUT2D eigenvalue weighted by Crippen LogP contribution is -2.07. The predicted octanol–water partition coefficient (Wildman–Crippen LogP) is 2.50. The van der Waals surface area contributed by atoms with Crippen molar-refractivity contribution in [3.05, 3.63) is 30.5 Å². The molecule has 0 aliphatic carbocycles. The summed E-state index contributed by atoms with van der Waals surface area (Å²) in [5.74, 6) is 0. The summed E-state index contributed by atoms with van der Waals surface area (Å²) in [5.41, 5.74) is 2.11. The van der Waals surface area contributed by atoms with Gasteiger partial charge in [0.1, 0.15) is 5.58 Å². The van der Waals surface area contributed by atoms with E-state index in [4.69, 9.17) is 4.42 Å². The summed E-state index contributed by atoms with van der Waals surface area (Å²) in [7, 11) is 4.04. The van der Waals surface area contributed by atoms with E-state index in [1.54, 1.807) is 6.26 Å². The SMILES string of the molecule is CN(C)c1ccc2ccoc2c1. The van der Waals surface area contributed by atoms with Gasteiger partial charge >= 0.3 is 0 Å². The maximum atomic E-state index is 5.28. The van der Waals surface area contributed by atoms with E-state index in [1.807, 2.05) is 26.2 Å². The molecular weight excluding hydrogens is 150 g/mol. The lowest BCUT2D eigenvalue weighted by atomic mass is 10.2. The van der Waals surface area contributed by atoms with Crippen LogP contribution >= 0.6 is 0 Å². The van der Waals surface area contributed by atoms with Crippen LogP contribution in [0.2, 0.25) is 0 Å². The average Bonchev–Trinajstić information content (AvgIpc) is 2.49. The number of benzene rings is 1. The van der Waals surface area contributed by atoms with Crippen molar-refractivity contribution in [1.29, 1.82) is 0 Å². The van der Waals surface area contributed by atoms with Gasteiger partial charge in [0.05, 0.1) is 6.26 Å². The van der Waals surface area contributed by atoms with Crippen LogP contribution in [0.5, 0.6) is 0 Å². The molecule has 0 amide bonds. The number of furan rings is 1. The molecule has 2 rings (SSSR count). The van der Waals surface area contributed by atoms with E-state index in [1.165, 1.54) is 0 Å². The highest BCUT2D eigenvalue weighted by Gasteiger charge is 1.99. The summed E-state index contributed by atoms with van der Waals surface area (Å²) in [6, 6.07) is 8.15. The summed E-state index contributed by atoms with van der Waals surface area (Å²) in [5, 5.41) is 1.15. The van der Waals surface area contributed by atoms with Crippen LogP contribution in [0.4, 0.5) is 5.69 Å². The molecule has 2 nitrogen and oxygen atoms in total. The number of fused-ring (bicyclic) bond motifs is 1. The van der Waals surface area contributed by atoms with Gasteiger partial charge in [-0.2, -0.15) is 0 Å². The highest BCUT2D eigenvalue weighted by atomic mass is 16.3. The summed E-state index contributed by atoms with van der Waals surface area (Å²) in [4.78, 5) is 2.06. The van der Waals surface area contributed by atoms with E-state index in [0.29, 0.717) is 0 Å². The second kappa shape index (κ2) is 2.55. The Morgan fingerprint density at radius 3 is 2.75 bits per heavy atom. The third-order valence-electron chi connectivity index (χ3n) is 1.96. The summed E-state index contributed by atoms with van der Waals surface area (Å²) >= 11 is 0. The molecule has 2 aromatic rings. The first-order chi connectivity index (χ1) is 5.77. The predicted molar refractivity (Wildman–Crippen MR) is 50.5 cm³/mol. The molecule has 0 unspecified atom stereocenters. The van der Waals surface area contributed by atoms with Crippen molar-refractivity contribution in [2.24, 2.45) is 0 Å². The Hall–Kier alpha value is -1.44. The van der Waals surface area contributed by atoms with Gasteiger partial charge < -0.3 is 9.32 Å². The molecule has 0 radical (unpaired) electrons. The van der Waals surface area contributed by atoms with E-state index >= 15 is 0 Å². The molecule has 0 N–H and O–H groups in total. The minimum absolute atomic E-state index is 0.946. The zero-order valence-corrected chi connectivity index (χ0v) is 7.24. The Balaban J connectivity index is 2.60. The highest BCUT2D eigenvalue weighted by Crippen LogP contribution is 2.21. The van der Waals surface area contributed by atoms with Crippen LogP contribution in [0, 0.1) is 0 Å². The number of nitrogens with zero attached hydrogens (tertiary/aromatic N) is 1. The first kappa shape index (κ1) is 7.22. The van der Waals surface area contributed by atoms with Gasteiger partial charge in [-0.25, -0.2) is 0 Å². The zero-order valence-electron chi connectivity index (χ0n) is 7.24. The van der Waals surface area contributed by atoms with Gasteiger partial charge in [-0.1, -0.05) is 0 Å². The fraction of sp³-hybridized carbons (Fsp3) is 0.200. The fourth-order valence-corrected chi connectivity index (χ4v) is 1.22. The van der Waals surface area contributed by atoms with E-state index < -0.39 is 0 Å². The van der Waals surface area contributed by atoms with Crippen molar-refractivity contribution in [1.82, 2.24) is 0 Å². The summed E-state index contributed by atoms with van der Waals surface area (Å²) < 4.78 is 5.28. The molecular formula is C10H11NO. The lowest BCUT2D eigenvalue weighted by Gasteiger charge is -2.11. The number of anilines is 1. The van der Waals surface area contributed by atoms with Crippen molar-refractivity contribution in [3.63, 3.8) is 0 Å². The number of rotatable bonds is 1. The van der Waals surface area contributed by atoms with Crippen LogP contribution in [0.15, 0.2) is 34.9 Å². The third-order valence-corrected chi connectivity index (χ3v) is 1.96.